The van der Waals surface area contributed by atoms with E-state index in [1.165, 1.54) is 20.3 Å². The second-order valence-electron chi connectivity index (χ2n) is 7.57. The Labute approximate surface area is 222 Å². The molecule has 4 aromatic rings. The summed E-state index contributed by atoms with van der Waals surface area (Å²) in [6, 6.07) is 3.37. The Morgan fingerprint density at radius 2 is 1.84 bits per heavy atom. The standard InChI is InChI=1S/C24H23Cl2N7O4/c1-5-19(34)29-16-12-33(6-7-35-2)32-23(16)31-24-28-10-13-8-14(27-11-15(13)30-24)20-21(25)17(36-3)9-18(37-4)22(20)26/h5,8-12H,1,6-7H2,2-4H3,(H,29,34)(H,28,30,31,32). The number of nitrogens with one attached hydrogen (secondary N) is 2. The Morgan fingerprint density at radius 1 is 1.11 bits per heavy atom. The molecule has 0 saturated heterocycles. The predicted molar refractivity (Wildman–Crippen MR) is 142 cm³/mol. The Bertz CT molecular complexity index is 1450. The molecule has 3 aromatic heterocycles. The molecule has 0 unspecified atom stereocenters. The summed E-state index contributed by atoms with van der Waals surface area (Å²) in [6.45, 7) is 4.41. The van der Waals surface area contributed by atoms with Gasteiger partial charge in [-0.1, -0.05) is 29.8 Å². The topological polar surface area (TPSA) is 125 Å². The first-order valence-corrected chi connectivity index (χ1v) is 11.6. The van der Waals surface area contributed by atoms with Crippen LogP contribution in [0, 0.1) is 0 Å². The van der Waals surface area contributed by atoms with Crippen molar-refractivity contribution in [3.8, 4) is 22.8 Å². The fraction of sp³-hybridized carbons (Fsp3) is 0.208. The molecule has 37 heavy (non-hydrogen) atoms. The molecule has 0 spiro atoms. The lowest BCUT2D eigenvalue weighted by molar-refractivity contribution is -0.111. The van der Waals surface area contributed by atoms with Gasteiger partial charge in [-0.05, 0) is 12.1 Å². The molecule has 1 amide bonds. The van der Waals surface area contributed by atoms with E-state index < -0.39 is 0 Å². The summed E-state index contributed by atoms with van der Waals surface area (Å²) in [6.07, 6.45) is 6.04. The first-order valence-electron chi connectivity index (χ1n) is 10.9. The van der Waals surface area contributed by atoms with E-state index in [4.69, 9.17) is 37.4 Å². The van der Waals surface area contributed by atoms with Crippen LogP contribution in [0.15, 0.2) is 43.4 Å². The third kappa shape index (κ3) is 5.58. The molecular formula is C24H23Cl2N7O4. The number of methoxy groups -OCH3 is 3. The average Bonchev–Trinajstić information content (AvgIpc) is 3.28. The fourth-order valence-corrected chi connectivity index (χ4v) is 4.13. The molecule has 0 bridgehead atoms. The number of amides is 1. The van der Waals surface area contributed by atoms with Crippen LogP contribution in [0.4, 0.5) is 17.5 Å². The van der Waals surface area contributed by atoms with Gasteiger partial charge in [0.1, 0.15) is 17.2 Å². The van der Waals surface area contributed by atoms with E-state index in [-0.39, 0.29) is 11.9 Å². The second kappa shape index (κ2) is 11.4. The van der Waals surface area contributed by atoms with Crippen LogP contribution in [-0.4, -0.2) is 58.6 Å². The maximum absolute atomic E-state index is 11.9. The number of aromatic nitrogens is 5. The number of halogens is 2. The van der Waals surface area contributed by atoms with Crippen molar-refractivity contribution < 1.29 is 19.0 Å². The molecule has 4 rings (SSSR count). The van der Waals surface area contributed by atoms with Crippen molar-refractivity contribution >= 4 is 57.5 Å². The van der Waals surface area contributed by atoms with Gasteiger partial charge in [-0.3, -0.25) is 14.5 Å². The highest BCUT2D eigenvalue weighted by Gasteiger charge is 2.20. The maximum atomic E-state index is 11.9. The fourth-order valence-electron chi connectivity index (χ4n) is 3.44. The number of hydrogen-bond donors (Lipinski definition) is 2. The zero-order chi connectivity index (χ0) is 26.5. The van der Waals surface area contributed by atoms with Crippen LogP contribution in [0.25, 0.3) is 22.2 Å². The van der Waals surface area contributed by atoms with Gasteiger partial charge in [0.15, 0.2) is 5.82 Å². The van der Waals surface area contributed by atoms with Gasteiger partial charge in [-0.25, -0.2) is 9.97 Å². The largest absolute Gasteiger partial charge is 0.495 e. The Balaban J connectivity index is 1.68. The molecule has 1 aromatic carbocycles. The minimum atomic E-state index is -0.378. The number of fused-ring (bicyclic) bond motifs is 1. The summed E-state index contributed by atoms with van der Waals surface area (Å²) in [5.41, 5.74) is 1.96. The number of hydrogen-bond acceptors (Lipinski definition) is 9. The Morgan fingerprint density at radius 3 is 2.49 bits per heavy atom. The number of carbonyl (C=O) groups excluding carboxylic acids is 1. The summed E-state index contributed by atoms with van der Waals surface area (Å²) in [5, 5.41) is 11.5. The molecule has 192 valence electrons. The molecule has 0 saturated carbocycles. The molecule has 0 radical (unpaired) electrons. The molecule has 0 aliphatic carbocycles. The van der Waals surface area contributed by atoms with Gasteiger partial charge < -0.3 is 24.8 Å². The van der Waals surface area contributed by atoms with Crippen LogP contribution in [0.3, 0.4) is 0 Å². The van der Waals surface area contributed by atoms with Crippen molar-refractivity contribution in [1.29, 1.82) is 0 Å². The molecule has 3 heterocycles. The first-order chi connectivity index (χ1) is 17.9. The zero-order valence-electron chi connectivity index (χ0n) is 20.2. The van der Waals surface area contributed by atoms with Crippen molar-refractivity contribution in [2.24, 2.45) is 0 Å². The Kier molecular flexibility index (Phi) is 8.07. The van der Waals surface area contributed by atoms with Gasteiger partial charge >= 0.3 is 0 Å². The molecule has 0 aliphatic heterocycles. The molecule has 0 fully saturated rings. The van der Waals surface area contributed by atoms with Gasteiger partial charge in [-0.15, -0.1) is 0 Å². The highest BCUT2D eigenvalue weighted by atomic mass is 35.5. The number of ether oxygens (including phenoxy) is 3. The van der Waals surface area contributed by atoms with E-state index in [0.717, 1.165) is 0 Å². The smallest absolute Gasteiger partial charge is 0.247 e. The number of benzene rings is 1. The zero-order valence-corrected chi connectivity index (χ0v) is 21.7. The number of anilines is 3. The van der Waals surface area contributed by atoms with E-state index in [1.54, 1.807) is 42.5 Å². The van der Waals surface area contributed by atoms with Crippen LogP contribution < -0.4 is 20.1 Å². The molecule has 0 atom stereocenters. The van der Waals surface area contributed by atoms with Crippen molar-refractivity contribution in [3.05, 3.63) is 53.4 Å². The summed E-state index contributed by atoms with van der Waals surface area (Å²) >= 11 is 13.1. The number of carbonyl (C=O) groups is 1. The van der Waals surface area contributed by atoms with Gasteiger partial charge in [0, 0.05) is 30.3 Å². The van der Waals surface area contributed by atoms with E-state index >= 15 is 0 Å². The maximum Gasteiger partial charge on any atom is 0.247 e. The van der Waals surface area contributed by atoms with Crippen molar-refractivity contribution in [2.45, 2.75) is 6.54 Å². The summed E-state index contributed by atoms with van der Waals surface area (Å²) in [7, 11) is 4.60. The predicted octanol–water partition coefficient (Wildman–Crippen LogP) is 4.73. The van der Waals surface area contributed by atoms with Gasteiger partial charge in [-0.2, -0.15) is 5.10 Å². The van der Waals surface area contributed by atoms with Gasteiger partial charge in [0.2, 0.25) is 11.9 Å². The average molecular weight is 544 g/mol. The minimum Gasteiger partial charge on any atom is -0.495 e. The summed E-state index contributed by atoms with van der Waals surface area (Å²) < 4.78 is 17.4. The lowest BCUT2D eigenvalue weighted by atomic mass is 10.1. The third-order valence-electron chi connectivity index (χ3n) is 5.26. The third-order valence-corrected chi connectivity index (χ3v) is 6.01. The first kappa shape index (κ1) is 26.1. The normalized spacial score (nSPS) is 10.8. The van der Waals surface area contributed by atoms with Crippen LogP contribution in [0.5, 0.6) is 11.5 Å². The van der Waals surface area contributed by atoms with Gasteiger partial charge in [0.05, 0.1) is 61.0 Å². The molecule has 13 heteroatoms. The van der Waals surface area contributed by atoms with E-state index in [9.17, 15) is 4.79 Å². The van der Waals surface area contributed by atoms with E-state index in [1.807, 2.05) is 0 Å². The highest BCUT2D eigenvalue weighted by Crippen LogP contribution is 2.45. The number of pyridine rings is 1. The molecule has 11 nitrogen and oxygen atoms in total. The van der Waals surface area contributed by atoms with Crippen molar-refractivity contribution in [3.63, 3.8) is 0 Å². The van der Waals surface area contributed by atoms with Crippen LogP contribution in [-0.2, 0) is 16.1 Å². The van der Waals surface area contributed by atoms with E-state index in [0.29, 0.717) is 68.4 Å². The Hall–Kier alpha value is -3.93. The van der Waals surface area contributed by atoms with Crippen LogP contribution in [0.2, 0.25) is 10.0 Å². The monoisotopic (exact) mass is 543 g/mol. The number of nitrogens with zero attached hydrogens (tertiary/aromatic N) is 5. The number of rotatable bonds is 10. The SMILES string of the molecule is C=CC(=O)Nc1cn(CCOC)nc1Nc1ncc2cc(-c3c(Cl)c(OC)cc(OC)c3Cl)ncc2n1. The lowest BCUT2D eigenvalue weighted by Gasteiger charge is -2.14. The van der Waals surface area contributed by atoms with Crippen LogP contribution in [0.1, 0.15) is 0 Å². The van der Waals surface area contributed by atoms with E-state index in [2.05, 4.69) is 37.3 Å². The summed E-state index contributed by atoms with van der Waals surface area (Å²) in [5.74, 6) is 1.04. The summed E-state index contributed by atoms with van der Waals surface area (Å²) in [4.78, 5) is 25.3. The molecule has 2 N–H and O–H groups in total. The minimum absolute atomic E-state index is 0.257. The van der Waals surface area contributed by atoms with Crippen molar-refractivity contribution in [2.75, 3.05) is 38.6 Å². The second-order valence-corrected chi connectivity index (χ2v) is 8.33. The molecular weight excluding hydrogens is 521 g/mol. The highest BCUT2D eigenvalue weighted by molar-refractivity contribution is 6.41. The molecule has 0 aliphatic rings. The quantitative estimate of drug-likeness (QED) is 0.273. The van der Waals surface area contributed by atoms with Crippen LogP contribution >= 0.6 is 23.2 Å². The van der Waals surface area contributed by atoms with Crippen molar-refractivity contribution in [1.82, 2.24) is 24.7 Å². The lowest BCUT2D eigenvalue weighted by Crippen LogP contribution is -2.08. The van der Waals surface area contributed by atoms with Gasteiger partial charge in [0.25, 0.3) is 0 Å².